The summed E-state index contributed by atoms with van der Waals surface area (Å²) in [5, 5.41) is 13.3. The minimum atomic E-state index is -0.799. The van der Waals surface area contributed by atoms with Gasteiger partial charge in [0, 0.05) is 19.6 Å². The summed E-state index contributed by atoms with van der Waals surface area (Å²) >= 11 is 5.96. The summed E-state index contributed by atoms with van der Waals surface area (Å²) in [6.45, 7) is 6.94. The van der Waals surface area contributed by atoms with E-state index >= 15 is 0 Å². The topological polar surface area (TPSA) is 83.4 Å². The first-order valence-electron chi connectivity index (χ1n) is 7.21. The number of nitrogens with one attached hydrogen (secondary N) is 1. The van der Waals surface area contributed by atoms with Crippen molar-refractivity contribution >= 4 is 23.5 Å². The van der Waals surface area contributed by atoms with E-state index in [1.807, 2.05) is 11.8 Å². The van der Waals surface area contributed by atoms with Gasteiger partial charge in [0.15, 0.2) is 0 Å². The summed E-state index contributed by atoms with van der Waals surface area (Å²) in [6, 6.07) is 0. The fourth-order valence-electron chi connectivity index (χ4n) is 2.22. The molecule has 1 unspecified atom stereocenters. The standard InChI is InChI=1S/C13H22ClN5O2/c1-3-4-13(2,20)9-15-11-16-10(14)17-12(18-11)19-5-7-21-8-6-19/h20H,3-9H2,1-2H3,(H,15,16,17,18). The molecular weight excluding hydrogens is 294 g/mol. The summed E-state index contributed by atoms with van der Waals surface area (Å²) in [7, 11) is 0. The smallest absolute Gasteiger partial charge is 0.231 e. The number of nitrogens with zero attached hydrogens (tertiary/aromatic N) is 4. The average Bonchev–Trinajstić information content (AvgIpc) is 2.46. The maximum Gasteiger partial charge on any atom is 0.231 e. The van der Waals surface area contributed by atoms with E-state index in [0.29, 0.717) is 38.1 Å². The van der Waals surface area contributed by atoms with Gasteiger partial charge in [0.1, 0.15) is 0 Å². The van der Waals surface area contributed by atoms with Crippen molar-refractivity contribution in [3.8, 4) is 0 Å². The van der Waals surface area contributed by atoms with Crippen LogP contribution >= 0.6 is 11.6 Å². The summed E-state index contributed by atoms with van der Waals surface area (Å²) < 4.78 is 5.31. The predicted octanol–water partition coefficient (Wildman–Crippen LogP) is 1.32. The molecule has 0 spiro atoms. The highest BCUT2D eigenvalue weighted by Gasteiger charge is 2.20. The molecule has 0 bridgehead atoms. The van der Waals surface area contributed by atoms with Crippen molar-refractivity contribution in [1.82, 2.24) is 15.0 Å². The maximum atomic E-state index is 10.2. The zero-order valence-corrected chi connectivity index (χ0v) is 13.2. The Kier molecular flexibility index (Phi) is 5.55. The number of rotatable bonds is 6. The summed E-state index contributed by atoms with van der Waals surface area (Å²) in [4.78, 5) is 14.6. The number of morpholine rings is 1. The molecule has 8 heteroatoms. The Balaban J connectivity index is 2.04. The van der Waals surface area contributed by atoms with Gasteiger partial charge in [-0.05, 0) is 24.9 Å². The van der Waals surface area contributed by atoms with E-state index in [9.17, 15) is 5.11 Å². The molecule has 0 amide bonds. The van der Waals surface area contributed by atoms with Crippen molar-refractivity contribution in [2.75, 3.05) is 43.1 Å². The lowest BCUT2D eigenvalue weighted by Crippen LogP contribution is -2.38. The van der Waals surface area contributed by atoms with Crippen molar-refractivity contribution in [2.45, 2.75) is 32.3 Å². The van der Waals surface area contributed by atoms with Crippen LogP contribution in [0.15, 0.2) is 0 Å². The molecule has 2 heterocycles. The SMILES string of the molecule is CCCC(C)(O)CNc1nc(Cl)nc(N2CCOCC2)n1. The van der Waals surface area contributed by atoms with Crippen LogP contribution < -0.4 is 10.2 Å². The molecule has 0 aromatic carbocycles. The second-order valence-corrected chi connectivity index (χ2v) is 5.77. The molecule has 0 radical (unpaired) electrons. The first-order valence-corrected chi connectivity index (χ1v) is 7.58. The van der Waals surface area contributed by atoms with Crippen molar-refractivity contribution in [3.05, 3.63) is 5.28 Å². The average molecular weight is 316 g/mol. The summed E-state index contributed by atoms with van der Waals surface area (Å²) in [5.41, 5.74) is -0.799. The largest absolute Gasteiger partial charge is 0.388 e. The molecule has 1 aromatic heterocycles. The molecule has 2 rings (SSSR count). The van der Waals surface area contributed by atoms with E-state index in [1.54, 1.807) is 6.92 Å². The van der Waals surface area contributed by atoms with Crippen molar-refractivity contribution < 1.29 is 9.84 Å². The van der Waals surface area contributed by atoms with Crippen molar-refractivity contribution in [3.63, 3.8) is 0 Å². The van der Waals surface area contributed by atoms with Gasteiger partial charge in [-0.1, -0.05) is 13.3 Å². The van der Waals surface area contributed by atoms with E-state index < -0.39 is 5.60 Å². The third-order valence-electron chi connectivity index (χ3n) is 3.31. The van der Waals surface area contributed by atoms with Crippen LogP contribution in [0.5, 0.6) is 0 Å². The lowest BCUT2D eigenvalue weighted by molar-refractivity contribution is 0.0635. The first kappa shape index (κ1) is 16.2. The Hall–Kier alpha value is -1.18. The minimum Gasteiger partial charge on any atom is -0.388 e. The first-order chi connectivity index (χ1) is 10.00. The normalized spacial score (nSPS) is 18.4. The van der Waals surface area contributed by atoms with Crippen LogP contribution in [0, 0.1) is 0 Å². The summed E-state index contributed by atoms with van der Waals surface area (Å²) in [6.07, 6.45) is 1.61. The molecular formula is C13H22ClN5O2. The van der Waals surface area contributed by atoms with Crippen LogP contribution in [0.2, 0.25) is 5.28 Å². The quantitative estimate of drug-likeness (QED) is 0.819. The molecule has 7 nitrogen and oxygen atoms in total. The number of hydrogen-bond acceptors (Lipinski definition) is 7. The molecule has 1 aromatic rings. The Bertz CT molecular complexity index is 466. The van der Waals surface area contributed by atoms with Crippen LogP contribution in [-0.2, 0) is 4.74 Å². The zero-order chi connectivity index (χ0) is 15.3. The van der Waals surface area contributed by atoms with Crippen molar-refractivity contribution in [2.24, 2.45) is 0 Å². The van der Waals surface area contributed by atoms with Gasteiger partial charge in [0.05, 0.1) is 18.8 Å². The molecule has 1 aliphatic rings. The molecule has 0 aliphatic carbocycles. The van der Waals surface area contributed by atoms with E-state index in [0.717, 1.165) is 19.5 Å². The van der Waals surface area contributed by atoms with E-state index in [1.165, 1.54) is 0 Å². The van der Waals surface area contributed by atoms with Crippen LogP contribution in [0.3, 0.4) is 0 Å². The van der Waals surface area contributed by atoms with Gasteiger partial charge in [-0.3, -0.25) is 0 Å². The highest BCUT2D eigenvalue weighted by molar-refractivity contribution is 6.28. The van der Waals surface area contributed by atoms with E-state index in [2.05, 4.69) is 20.3 Å². The Morgan fingerprint density at radius 1 is 1.33 bits per heavy atom. The third kappa shape index (κ3) is 4.94. The van der Waals surface area contributed by atoms with Crippen LogP contribution in [0.25, 0.3) is 0 Å². The van der Waals surface area contributed by atoms with Crippen LogP contribution in [0.1, 0.15) is 26.7 Å². The zero-order valence-electron chi connectivity index (χ0n) is 12.5. The Morgan fingerprint density at radius 2 is 2.05 bits per heavy atom. The minimum absolute atomic E-state index is 0.143. The second kappa shape index (κ2) is 7.20. The Morgan fingerprint density at radius 3 is 2.71 bits per heavy atom. The molecule has 0 saturated carbocycles. The van der Waals surface area contributed by atoms with Crippen LogP contribution in [-0.4, -0.2) is 58.5 Å². The lowest BCUT2D eigenvalue weighted by atomic mass is 10.0. The van der Waals surface area contributed by atoms with Gasteiger partial charge < -0.3 is 20.1 Å². The predicted molar refractivity (Wildman–Crippen MR) is 81.9 cm³/mol. The number of halogens is 1. The van der Waals surface area contributed by atoms with Crippen molar-refractivity contribution in [1.29, 1.82) is 0 Å². The van der Waals surface area contributed by atoms with Gasteiger partial charge in [-0.25, -0.2) is 0 Å². The molecule has 118 valence electrons. The third-order valence-corrected chi connectivity index (χ3v) is 3.48. The fourth-order valence-corrected chi connectivity index (χ4v) is 2.38. The number of ether oxygens (including phenoxy) is 1. The molecule has 1 atom stereocenters. The molecule has 1 saturated heterocycles. The Labute approximate surface area is 129 Å². The van der Waals surface area contributed by atoms with E-state index in [4.69, 9.17) is 16.3 Å². The molecule has 1 fully saturated rings. The molecule has 1 aliphatic heterocycles. The molecule has 2 N–H and O–H groups in total. The maximum absolute atomic E-state index is 10.2. The number of anilines is 2. The number of aliphatic hydroxyl groups is 1. The van der Waals surface area contributed by atoms with Gasteiger partial charge in [-0.15, -0.1) is 0 Å². The highest BCUT2D eigenvalue weighted by atomic mass is 35.5. The number of hydrogen-bond donors (Lipinski definition) is 2. The monoisotopic (exact) mass is 315 g/mol. The van der Waals surface area contributed by atoms with Crippen LogP contribution in [0.4, 0.5) is 11.9 Å². The molecule has 21 heavy (non-hydrogen) atoms. The van der Waals surface area contributed by atoms with Gasteiger partial charge in [0.2, 0.25) is 17.2 Å². The summed E-state index contributed by atoms with van der Waals surface area (Å²) in [5.74, 6) is 0.920. The number of aromatic nitrogens is 3. The highest BCUT2D eigenvalue weighted by Crippen LogP contribution is 2.17. The lowest BCUT2D eigenvalue weighted by Gasteiger charge is -2.27. The van der Waals surface area contributed by atoms with Gasteiger partial charge in [-0.2, -0.15) is 15.0 Å². The van der Waals surface area contributed by atoms with E-state index in [-0.39, 0.29) is 5.28 Å². The van der Waals surface area contributed by atoms with Gasteiger partial charge >= 0.3 is 0 Å². The fraction of sp³-hybridized carbons (Fsp3) is 0.769. The second-order valence-electron chi connectivity index (χ2n) is 5.43. The van der Waals surface area contributed by atoms with Gasteiger partial charge in [0.25, 0.3) is 0 Å².